The van der Waals surface area contributed by atoms with E-state index in [1.54, 1.807) is 12.1 Å². The van der Waals surface area contributed by atoms with E-state index < -0.39 is 0 Å². The topological polar surface area (TPSA) is 52.6 Å². The van der Waals surface area contributed by atoms with Gasteiger partial charge < -0.3 is 10.4 Å². The highest BCUT2D eigenvalue weighted by Gasteiger charge is 2.30. The van der Waals surface area contributed by atoms with Crippen LogP contribution in [0.1, 0.15) is 17.5 Å². The first-order valence-corrected chi connectivity index (χ1v) is 8.57. The molecule has 0 radical (unpaired) electrons. The maximum atomic E-state index is 13.2. The van der Waals surface area contributed by atoms with E-state index in [2.05, 4.69) is 22.3 Å². The van der Waals surface area contributed by atoms with Crippen LogP contribution in [0, 0.1) is 5.82 Å². The van der Waals surface area contributed by atoms with Gasteiger partial charge >= 0.3 is 0 Å². The maximum absolute atomic E-state index is 13.2. The molecule has 1 amide bonds. The summed E-state index contributed by atoms with van der Waals surface area (Å²) >= 11 is 0. The molecule has 1 fully saturated rings. The molecule has 4 nitrogen and oxygen atoms in total. The number of nitrogens with zero attached hydrogens (tertiary/aromatic N) is 1. The second-order valence-corrected chi connectivity index (χ2v) is 6.57. The smallest absolute Gasteiger partial charge is 0.224 e. The van der Waals surface area contributed by atoms with Crippen LogP contribution in [0.4, 0.5) is 4.39 Å². The molecule has 3 rings (SSSR count). The van der Waals surface area contributed by atoms with Gasteiger partial charge in [0, 0.05) is 25.7 Å². The van der Waals surface area contributed by atoms with Crippen LogP contribution >= 0.6 is 0 Å². The van der Waals surface area contributed by atoms with Crippen molar-refractivity contribution in [1.29, 1.82) is 0 Å². The fourth-order valence-corrected chi connectivity index (χ4v) is 3.31. The summed E-state index contributed by atoms with van der Waals surface area (Å²) in [7, 11) is 0. The summed E-state index contributed by atoms with van der Waals surface area (Å²) in [5.74, 6) is -0.468. The minimum Gasteiger partial charge on any atom is -0.392 e. The Bertz CT molecular complexity index is 708. The Morgan fingerprint density at radius 3 is 2.68 bits per heavy atom. The SMILES string of the molecule is O=C(Cc1cccc(F)c1)NCC1CC(O)CN1Cc1ccccc1. The lowest BCUT2D eigenvalue weighted by atomic mass is 10.1. The number of carbonyl (C=O) groups excluding carboxylic acids is 1. The summed E-state index contributed by atoms with van der Waals surface area (Å²) in [6.45, 7) is 1.85. The fraction of sp³-hybridized carbons (Fsp3) is 0.350. The second-order valence-electron chi connectivity index (χ2n) is 6.57. The van der Waals surface area contributed by atoms with Crippen LogP contribution in [0.5, 0.6) is 0 Å². The Labute approximate surface area is 147 Å². The maximum Gasteiger partial charge on any atom is 0.224 e. The van der Waals surface area contributed by atoms with E-state index in [4.69, 9.17) is 0 Å². The van der Waals surface area contributed by atoms with E-state index in [1.165, 1.54) is 17.7 Å². The van der Waals surface area contributed by atoms with Gasteiger partial charge in [-0.05, 0) is 29.7 Å². The normalized spacial score (nSPS) is 20.6. The molecule has 1 saturated heterocycles. The second kappa shape index (κ2) is 8.23. The number of halogens is 1. The predicted octanol–water partition coefficient (Wildman–Crippen LogP) is 2.12. The van der Waals surface area contributed by atoms with Gasteiger partial charge in [-0.15, -0.1) is 0 Å². The van der Waals surface area contributed by atoms with Crippen LogP contribution in [-0.4, -0.2) is 41.1 Å². The molecule has 1 heterocycles. The van der Waals surface area contributed by atoms with Crippen molar-refractivity contribution in [2.45, 2.75) is 31.5 Å². The van der Waals surface area contributed by atoms with Gasteiger partial charge in [0.1, 0.15) is 5.82 Å². The van der Waals surface area contributed by atoms with E-state index in [0.717, 1.165) is 6.54 Å². The lowest BCUT2D eigenvalue weighted by Crippen LogP contribution is -2.40. The number of hydrogen-bond acceptors (Lipinski definition) is 3. The fourth-order valence-electron chi connectivity index (χ4n) is 3.31. The molecule has 25 heavy (non-hydrogen) atoms. The van der Waals surface area contributed by atoms with Gasteiger partial charge in [0.15, 0.2) is 0 Å². The molecular formula is C20H23FN2O2. The summed E-state index contributed by atoms with van der Waals surface area (Å²) in [6, 6.07) is 16.3. The van der Waals surface area contributed by atoms with Crippen molar-refractivity contribution < 1.29 is 14.3 Å². The summed E-state index contributed by atoms with van der Waals surface area (Å²) in [5.41, 5.74) is 1.85. The number of benzene rings is 2. The third-order valence-corrected chi connectivity index (χ3v) is 4.52. The van der Waals surface area contributed by atoms with E-state index in [9.17, 15) is 14.3 Å². The van der Waals surface area contributed by atoms with Crippen LogP contribution in [0.3, 0.4) is 0 Å². The van der Waals surface area contributed by atoms with E-state index in [-0.39, 0.29) is 30.3 Å². The number of carbonyl (C=O) groups is 1. The van der Waals surface area contributed by atoms with Crippen LogP contribution in [0.2, 0.25) is 0 Å². The molecule has 0 bridgehead atoms. The first kappa shape index (κ1) is 17.6. The molecule has 2 aromatic carbocycles. The molecule has 0 aliphatic carbocycles. The number of β-amino-alcohol motifs (C(OH)–C–C–N with tert-alkyl or cyclic N) is 1. The Morgan fingerprint density at radius 1 is 1.16 bits per heavy atom. The summed E-state index contributed by atoms with van der Waals surface area (Å²) in [4.78, 5) is 14.3. The molecule has 0 saturated carbocycles. The molecule has 1 aliphatic heterocycles. The van der Waals surface area contributed by atoms with Gasteiger partial charge in [-0.2, -0.15) is 0 Å². The van der Waals surface area contributed by atoms with Gasteiger partial charge in [0.25, 0.3) is 0 Å². The van der Waals surface area contributed by atoms with Crippen molar-refractivity contribution in [3.8, 4) is 0 Å². The standard InChI is InChI=1S/C20H23FN2O2/c21-17-8-4-7-16(9-17)10-20(25)22-12-18-11-19(24)14-23(18)13-15-5-2-1-3-6-15/h1-9,18-19,24H,10-14H2,(H,22,25). The van der Waals surface area contributed by atoms with Crippen molar-refractivity contribution >= 4 is 5.91 Å². The molecule has 2 atom stereocenters. The minimum atomic E-state index is -0.367. The van der Waals surface area contributed by atoms with Crippen molar-refractivity contribution in [2.24, 2.45) is 0 Å². The molecule has 2 aromatic rings. The monoisotopic (exact) mass is 342 g/mol. The van der Waals surface area contributed by atoms with Crippen LogP contribution in [-0.2, 0) is 17.8 Å². The third kappa shape index (κ3) is 5.11. The predicted molar refractivity (Wildman–Crippen MR) is 94.4 cm³/mol. The number of amides is 1. The van der Waals surface area contributed by atoms with E-state index in [1.807, 2.05) is 18.2 Å². The quantitative estimate of drug-likeness (QED) is 0.845. The molecular weight excluding hydrogens is 319 g/mol. The van der Waals surface area contributed by atoms with Gasteiger partial charge in [0.2, 0.25) is 5.91 Å². The number of likely N-dealkylation sites (tertiary alicyclic amines) is 1. The van der Waals surface area contributed by atoms with Crippen molar-refractivity contribution in [2.75, 3.05) is 13.1 Å². The van der Waals surface area contributed by atoms with Crippen LogP contribution in [0.25, 0.3) is 0 Å². The molecule has 0 aromatic heterocycles. The molecule has 1 aliphatic rings. The molecule has 2 unspecified atom stereocenters. The van der Waals surface area contributed by atoms with E-state index in [0.29, 0.717) is 25.1 Å². The Hall–Kier alpha value is -2.24. The summed E-state index contributed by atoms with van der Waals surface area (Å²) < 4.78 is 13.2. The zero-order chi connectivity index (χ0) is 17.6. The highest BCUT2D eigenvalue weighted by atomic mass is 19.1. The first-order valence-electron chi connectivity index (χ1n) is 8.57. The number of hydrogen-bond donors (Lipinski definition) is 2. The third-order valence-electron chi connectivity index (χ3n) is 4.52. The zero-order valence-corrected chi connectivity index (χ0v) is 14.1. The number of aliphatic hydroxyl groups excluding tert-OH is 1. The van der Waals surface area contributed by atoms with Crippen LogP contribution < -0.4 is 5.32 Å². The van der Waals surface area contributed by atoms with Gasteiger partial charge in [-0.1, -0.05) is 42.5 Å². The lowest BCUT2D eigenvalue weighted by Gasteiger charge is -2.24. The molecule has 0 spiro atoms. The van der Waals surface area contributed by atoms with Crippen molar-refractivity contribution in [1.82, 2.24) is 10.2 Å². The van der Waals surface area contributed by atoms with Gasteiger partial charge in [0.05, 0.1) is 12.5 Å². The minimum absolute atomic E-state index is 0.103. The average molecular weight is 342 g/mol. The Balaban J connectivity index is 1.52. The zero-order valence-electron chi connectivity index (χ0n) is 14.1. The Morgan fingerprint density at radius 2 is 1.92 bits per heavy atom. The first-order chi connectivity index (χ1) is 12.1. The van der Waals surface area contributed by atoms with E-state index >= 15 is 0 Å². The number of rotatable bonds is 6. The summed E-state index contributed by atoms with van der Waals surface area (Å²) in [6.07, 6.45) is 0.438. The van der Waals surface area contributed by atoms with Gasteiger partial charge in [-0.25, -0.2) is 4.39 Å². The highest BCUT2D eigenvalue weighted by molar-refractivity contribution is 5.78. The van der Waals surface area contributed by atoms with Crippen molar-refractivity contribution in [3.05, 3.63) is 71.5 Å². The number of aliphatic hydroxyl groups is 1. The number of nitrogens with one attached hydrogen (secondary N) is 1. The molecule has 2 N–H and O–H groups in total. The van der Waals surface area contributed by atoms with Gasteiger partial charge in [-0.3, -0.25) is 9.69 Å². The largest absolute Gasteiger partial charge is 0.392 e. The Kier molecular flexibility index (Phi) is 5.79. The molecule has 5 heteroatoms. The van der Waals surface area contributed by atoms with Crippen LogP contribution in [0.15, 0.2) is 54.6 Å². The summed E-state index contributed by atoms with van der Waals surface area (Å²) in [5, 5.41) is 12.9. The highest BCUT2D eigenvalue weighted by Crippen LogP contribution is 2.20. The molecule has 132 valence electrons. The van der Waals surface area contributed by atoms with Crippen molar-refractivity contribution in [3.63, 3.8) is 0 Å². The average Bonchev–Trinajstić information content (AvgIpc) is 2.93. The lowest BCUT2D eigenvalue weighted by molar-refractivity contribution is -0.120.